The van der Waals surface area contributed by atoms with Gasteiger partial charge in [0.15, 0.2) is 0 Å². The number of aliphatic carboxylic acids is 1. The Kier molecular flexibility index (Phi) is 8.33. The highest BCUT2D eigenvalue weighted by Gasteiger charge is 2.47. The summed E-state index contributed by atoms with van der Waals surface area (Å²) in [5, 5.41) is 7.12. The zero-order chi connectivity index (χ0) is 19.9. The lowest BCUT2D eigenvalue weighted by Gasteiger charge is -2.45. The number of hydrogen-bond acceptors (Lipinski definition) is 5. The number of carbonyl (C=O) groups is 1. The SMILES string of the molecule is COC[C@@H]1CCC[C@@]12CN(CC1CCOCC1)CCO2.O=C(O)C(F)(F)F. The summed E-state index contributed by atoms with van der Waals surface area (Å²) in [4.78, 5) is 11.5. The van der Waals surface area contributed by atoms with Crippen LogP contribution in [0.15, 0.2) is 0 Å². The molecule has 0 unspecified atom stereocenters. The maximum Gasteiger partial charge on any atom is 0.490 e. The van der Waals surface area contributed by atoms with Gasteiger partial charge in [-0.2, -0.15) is 13.2 Å². The molecule has 0 radical (unpaired) electrons. The Morgan fingerprint density at radius 2 is 1.93 bits per heavy atom. The average Bonchev–Trinajstić information content (AvgIpc) is 2.98. The second-order valence-corrected chi connectivity index (χ2v) is 7.55. The number of morpholine rings is 1. The highest BCUT2D eigenvalue weighted by molar-refractivity contribution is 5.73. The van der Waals surface area contributed by atoms with E-state index in [1.807, 2.05) is 7.11 Å². The summed E-state index contributed by atoms with van der Waals surface area (Å²) >= 11 is 0. The maximum atomic E-state index is 10.6. The average molecular weight is 397 g/mol. The van der Waals surface area contributed by atoms with Crippen molar-refractivity contribution in [3.63, 3.8) is 0 Å². The number of alkyl halides is 3. The molecule has 0 amide bonds. The van der Waals surface area contributed by atoms with E-state index < -0.39 is 12.1 Å². The summed E-state index contributed by atoms with van der Waals surface area (Å²) < 4.78 is 48.9. The van der Waals surface area contributed by atoms with E-state index >= 15 is 0 Å². The Labute approximate surface area is 157 Å². The quantitative estimate of drug-likeness (QED) is 0.787. The van der Waals surface area contributed by atoms with Gasteiger partial charge < -0.3 is 19.3 Å². The molecule has 0 aromatic heterocycles. The molecule has 1 aliphatic carbocycles. The molecule has 0 aromatic rings. The van der Waals surface area contributed by atoms with Gasteiger partial charge in [-0.1, -0.05) is 6.42 Å². The molecular weight excluding hydrogens is 367 g/mol. The lowest BCUT2D eigenvalue weighted by atomic mass is 9.88. The van der Waals surface area contributed by atoms with E-state index in [9.17, 15) is 13.2 Å². The predicted octanol–water partition coefficient (Wildman–Crippen LogP) is 2.56. The van der Waals surface area contributed by atoms with Crippen LogP contribution in [0.1, 0.15) is 32.1 Å². The third kappa shape index (κ3) is 6.58. The first kappa shape index (κ1) is 22.4. The minimum absolute atomic E-state index is 0.0828. The summed E-state index contributed by atoms with van der Waals surface area (Å²) in [5.74, 6) is -1.35. The van der Waals surface area contributed by atoms with E-state index in [1.165, 1.54) is 38.6 Å². The first-order valence-electron chi connectivity index (χ1n) is 9.50. The molecule has 2 saturated heterocycles. The van der Waals surface area contributed by atoms with Gasteiger partial charge in [0.1, 0.15) is 0 Å². The van der Waals surface area contributed by atoms with Crippen LogP contribution >= 0.6 is 0 Å². The molecule has 9 heteroatoms. The lowest BCUT2D eigenvalue weighted by molar-refractivity contribution is -0.192. The first-order chi connectivity index (χ1) is 12.8. The molecule has 3 rings (SSSR count). The summed E-state index contributed by atoms with van der Waals surface area (Å²) in [6.45, 7) is 7.08. The largest absolute Gasteiger partial charge is 0.490 e. The molecule has 2 heterocycles. The number of carboxylic acids is 1. The molecule has 3 aliphatic rings. The molecule has 0 aromatic carbocycles. The van der Waals surface area contributed by atoms with Crippen molar-refractivity contribution in [2.45, 2.75) is 43.9 Å². The minimum atomic E-state index is -5.08. The number of ether oxygens (including phenoxy) is 3. The Morgan fingerprint density at radius 1 is 1.26 bits per heavy atom. The fourth-order valence-electron chi connectivity index (χ4n) is 4.28. The molecular formula is C18H30F3NO5. The molecule has 2 aliphatic heterocycles. The smallest absolute Gasteiger partial charge is 0.475 e. The predicted molar refractivity (Wildman–Crippen MR) is 91.6 cm³/mol. The number of nitrogens with zero attached hydrogens (tertiary/aromatic N) is 1. The van der Waals surface area contributed by atoms with Gasteiger partial charge >= 0.3 is 12.1 Å². The number of rotatable bonds is 4. The molecule has 3 fully saturated rings. The van der Waals surface area contributed by atoms with Gasteiger partial charge in [-0.3, -0.25) is 4.90 Å². The maximum absolute atomic E-state index is 10.6. The van der Waals surface area contributed by atoms with Gasteiger partial charge in [0, 0.05) is 45.9 Å². The normalized spacial score (nSPS) is 30.1. The van der Waals surface area contributed by atoms with Crippen molar-refractivity contribution in [1.82, 2.24) is 4.90 Å². The van der Waals surface area contributed by atoms with Gasteiger partial charge in [0.25, 0.3) is 0 Å². The van der Waals surface area contributed by atoms with Crippen LogP contribution in [0.25, 0.3) is 0 Å². The van der Waals surface area contributed by atoms with Crippen LogP contribution in [-0.2, 0) is 19.0 Å². The molecule has 6 nitrogen and oxygen atoms in total. The van der Waals surface area contributed by atoms with Gasteiger partial charge in [-0.05, 0) is 31.6 Å². The molecule has 0 bridgehead atoms. The van der Waals surface area contributed by atoms with Gasteiger partial charge in [-0.15, -0.1) is 0 Å². The molecule has 158 valence electrons. The van der Waals surface area contributed by atoms with E-state index in [2.05, 4.69) is 4.90 Å². The zero-order valence-corrected chi connectivity index (χ0v) is 15.8. The Balaban J connectivity index is 0.000000321. The topological polar surface area (TPSA) is 68.2 Å². The van der Waals surface area contributed by atoms with Crippen LogP contribution in [-0.4, -0.2) is 80.9 Å². The van der Waals surface area contributed by atoms with Crippen molar-refractivity contribution in [2.75, 3.05) is 53.2 Å². The van der Waals surface area contributed by atoms with E-state index in [-0.39, 0.29) is 5.60 Å². The monoisotopic (exact) mass is 397 g/mol. The van der Waals surface area contributed by atoms with E-state index in [4.69, 9.17) is 24.1 Å². The van der Waals surface area contributed by atoms with Crippen molar-refractivity contribution in [2.24, 2.45) is 11.8 Å². The van der Waals surface area contributed by atoms with E-state index in [0.29, 0.717) is 5.92 Å². The first-order valence-corrected chi connectivity index (χ1v) is 9.50. The molecule has 27 heavy (non-hydrogen) atoms. The Morgan fingerprint density at radius 3 is 2.52 bits per heavy atom. The highest BCUT2D eigenvalue weighted by atomic mass is 19.4. The fourth-order valence-corrected chi connectivity index (χ4v) is 4.28. The van der Waals surface area contributed by atoms with Crippen molar-refractivity contribution in [3.8, 4) is 0 Å². The minimum Gasteiger partial charge on any atom is -0.475 e. The third-order valence-electron chi connectivity index (χ3n) is 5.65. The summed E-state index contributed by atoms with van der Waals surface area (Å²) in [5.41, 5.74) is 0.0828. The Hall–Kier alpha value is -0.900. The molecule has 1 spiro atoms. The van der Waals surface area contributed by atoms with Crippen LogP contribution in [0, 0.1) is 11.8 Å². The van der Waals surface area contributed by atoms with E-state index in [1.54, 1.807) is 0 Å². The van der Waals surface area contributed by atoms with Crippen LogP contribution < -0.4 is 0 Å². The standard InChI is InChI=1S/C16H29NO3.C2HF3O2/c1-18-12-15-3-2-6-16(15)13-17(7-10-20-16)11-14-4-8-19-9-5-14;3-2(4,5)1(6)7/h14-15H,2-13H2,1H3;(H,6,7)/t15-,16+;/m0./s1. The second-order valence-electron chi connectivity index (χ2n) is 7.55. The van der Waals surface area contributed by atoms with Gasteiger partial charge in [0.05, 0.1) is 18.8 Å². The van der Waals surface area contributed by atoms with Gasteiger partial charge in [0.2, 0.25) is 0 Å². The lowest BCUT2D eigenvalue weighted by Crippen LogP contribution is -2.55. The summed E-state index contributed by atoms with van der Waals surface area (Å²) in [7, 11) is 1.81. The zero-order valence-electron chi connectivity index (χ0n) is 15.8. The highest BCUT2D eigenvalue weighted by Crippen LogP contribution is 2.41. The second kappa shape index (κ2) is 10.0. The number of methoxy groups -OCH3 is 1. The van der Waals surface area contributed by atoms with Gasteiger partial charge in [-0.25, -0.2) is 4.79 Å². The van der Waals surface area contributed by atoms with Crippen LogP contribution in [0.4, 0.5) is 13.2 Å². The number of hydrogen-bond donors (Lipinski definition) is 1. The molecule has 1 saturated carbocycles. The number of halogens is 3. The summed E-state index contributed by atoms with van der Waals surface area (Å²) in [6.07, 6.45) is 1.14. The number of carboxylic acid groups (broad SMARTS) is 1. The molecule has 1 N–H and O–H groups in total. The molecule has 2 atom stereocenters. The Bertz CT molecular complexity index is 470. The van der Waals surface area contributed by atoms with Crippen molar-refractivity contribution < 1.29 is 37.3 Å². The van der Waals surface area contributed by atoms with Crippen LogP contribution in [0.3, 0.4) is 0 Å². The van der Waals surface area contributed by atoms with Crippen molar-refractivity contribution in [3.05, 3.63) is 0 Å². The van der Waals surface area contributed by atoms with Crippen molar-refractivity contribution in [1.29, 1.82) is 0 Å². The third-order valence-corrected chi connectivity index (χ3v) is 5.65. The van der Waals surface area contributed by atoms with Crippen molar-refractivity contribution >= 4 is 5.97 Å². The van der Waals surface area contributed by atoms with Crippen LogP contribution in [0.5, 0.6) is 0 Å². The van der Waals surface area contributed by atoms with Crippen LogP contribution in [0.2, 0.25) is 0 Å². The fraction of sp³-hybridized carbons (Fsp3) is 0.944. The summed E-state index contributed by atoms with van der Waals surface area (Å²) in [6, 6.07) is 0. The van der Waals surface area contributed by atoms with E-state index in [0.717, 1.165) is 45.4 Å².